The summed E-state index contributed by atoms with van der Waals surface area (Å²) in [6.07, 6.45) is 1.98. The van der Waals surface area contributed by atoms with Gasteiger partial charge >= 0.3 is 6.09 Å². The number of rotatable bonds is 2. The van der Waals surface area contributed by atoms with Crippen molar-refractivity contribution in [3.05, 3.63) is 30.0 Å². The first-order chi connectivity index (χ1) is 10.2. The molecule has 0 aliphatic carbocycles. The molecule has 0 bridgehead atoms. The summed E-state index contributed by atoms with van der Waals surface area (Å²) in [6, 6.07) is 5.40. The molecule has 1 atom stereocenters. The van der Waals surface area contributed by atoms with Crippen molar-refractivity contribution in [2.75, 3.05) is 20.2 Å². The number of aromatic amines is 1. The summed E-state index contributed by atoms with van der Waals surface area (Å²) in [6.45, 7) is 1.11. The van der Waals surface area contributed by atoms with E-state index in [2.05, 4.69) is 20.3 Å². The molecule has 0 radical (unpaired) electrons. The standard InChI is InChI=1S/C14H16N4O3/c1-21-14(20)16-11-4-5-18(8-11)13(19)9-2-3-10-7-15-17-12(10)6-9/h2-3,6-7,11H,4-5,8H2,1H3,(H,15,17)(H,16,20). The molecule has 1 unspecified atom stereocenters. The van der Waals surface area contributed by atoms with E-state index >= 15 is 0 Å². The van der Waals surface area contributed by atoms with Crippen LogP contribution in [0, 0.1) is 0 Å². The SMILES string of the molecule is COC(=O)NC1CCN(C(=O)c2ccc3cn[nH]c3c2)C1. The largest absolute Gasteiger partial charge is 0.453 e. The lowest BCUT2D eigenvalue weighted by atomic mass is 10.1. The van der Waals surface area contributed by atoms with Crippen LogP contribution in [0.2, 0.25) is 0 Å². The zero-order chi connectivity index (χ0) is 14.8. The Morgan fingerprint density at radius 2 is 2.33 bits per heavy atom. The first-order valence-corrected chi connectivity index (χ1v) is 6.74. The third-order valence-electron chi connectivity index (χ3n) is 3.67. The predicted molar refractivity (Wildman–Crippen MR) is 75.9 cm³/mol. The summed E-state index contributed by atoms with van der Waals surface area (Å²) in [5.74, 6) is -0.0411. The molecule has 21 heavy (non-hydrogen) atoms. The van der Waals surface area contributed by atoms with Gasteiger partial charge in [-0.3, -0.25) is 9.89 Å². The van der Waals surface area contributed by atoms with Gasteiger partial charge in [0.2, 0.25) is 0 Å². The summed E-state index contributed by atoms with van der Waals surface area (Å²) >= 11 is 0. The third-order valence-corrected chi connectivity index (χ3v) is 3.67. The third kappa shape index (κ3) is 2.67. The molecular formula is C14H16N4O3. The van der Waals surface area contributed by atoms with Crippen LogP contribution in [0.25, 0.3) is 10.9 Å². The van der Waals surface area contributed by atoms with Gasteiger partial charge in [0.25, 0.3) is 5.91 Å². The molecule has 3 rings (SSSR count). The second kappa shape index (κ2) is 5.43. The van der Waals surface area contributed by atoms with E-state index in [1.807, 2.05) is 6.07 Å². The number of carbonyl (C=O) groups is 2. The first-order valence-electron chi connectivity index (χ1n) is 6.74. The van der Waals surface area contributed by atoms with Gasteiger partial charge in [0, 0.05) is 24.0 Å². The highest BCUT2D eigenvalue weighted by molar-refractivity contribution is 5.97. The van der Waals surface area contributed by atoms with Gasteiger partial charge in [-0.15, -0.1) is 0 Å². The normalized spacial score (nSPS) is 18.0. The molecule has 2 aromatic rings. The van der Waals surface area contributed by atoms with E-state index < -0.39 is 6.09 Å². The molecule has 2 heterocycles. The van der Waals surface area contributed by atoms with Crippen LogP contribution in [-0.4, -0.2) is 53.3 Å². The molecule has 1 aliphatic rings. The molecule has 1 aliphatic heterocycles. The molecular weight excluding hydrogens is 272 g/mol. The number of ether oxygens (including phenoxy) is 1. The number of carbonyl (C=O) groups excluding carboxylic acids is 2. The van der Waals surface area contributed by atoms with Crippen LogP contribution < -0.4 is 5.32 Å². The minimum atomic E-state index is -0.465. The van der Waals surface area contributed by atoms with Crippen molar-refractivity contribution in [3.8, 4) is 0 Å². The highest BCUT2D eigenvalue weighted by Gasteiger charge is 2.28. The summed E-state index contributed by atoms with van der Waals surface area (Å²) in [4.78, 5) is 25.4. The maximum atomic E-state index is 12.5. The number of H-pyrrole nitrogens is 1. The van der Waals surface area contributed by atoms with Crippen LogP contribution >= 0.6 is 0 Å². The Morgan fingerprint density at radius 3 is 3.14 bits per heavy atom. The highest BCUT2D eigenvalue weighted by Crippen LogP contribution is 2.17. The van der Waals surface area contributed by atoms with Crippen molar-refractivity contribution in [1.29, 1.82) is 0 Å². The average Bonchev–Trinajstić information content (AvgIpc) is 3.14. The predicted octanol–water partition coefficient (Wildman–Crippen LogP) is 1.13. The Labute approximate surface area is 121 Å². The van der Waals surface area contributed by atoms with Crippen LogP contribution in [-0.2, 0) is 4.74 Å². The van der Waals surface area contributed by atoms with Gasteiger partial charge in [0.15, 0.2) is 0 Å². The topological polar surface area (TPSA) is 87.3 Å². The Balaban J connectivity index is 1.69. The van der Waals surface area contributed by atoms with Crippen LogP contribution in [0.15, 0.2) is 24.4 Å². The molecule has 7 heteroatoms. The molecule has 1 saturated heterocycles. The van der Waals surface area contributed by atoms with Crippen molar-refractivity contribution < 1.29 is 14.3 Å². The number of likely N-dealkylation sites (tertiary alicyclic amines) is 1. The smallest absolute Gasteiger partial charge is 0.407 e. The zero-order valence-corrected chi connectivity index (χ0v) is 11.6. The molecule has 0 spiro atoms. The van der Waals surface area contributed by atoms with Gasteiger partial charge in [-0.2, -0.15) is 5.10 Å². The lowest BCUT2D eigenvalue weighted by Gasteiger charge is -2.17. The fourth-order valence-electron chi connectivity index (χ4n) is 2.54. The Bertz CT molecular complexity index is 682. The maximum Gasteiger partial charge on any atom is 0.407 e. The van der Waals surface area contributed by atoms with Crippen molar-refractivity contribution >= 4 is 22.9 Å². The summed E-state index contributed by atoms with van der Waals surface area (Å²) in [5, 5.41) is 10.5. The second-order valence-corrected chi connectivity index (χ2v) is 5.04. The monoisotopic (exact) mass is 288 g/mol. The number of amides is 2. The van der Waals surface area contributed by atoms with E-state index in [1.165, 1.54) is 7.11 Å². The van der Waals surface area contributed by atoms with Crippen LogP contribution in [0.4, 0.5) is 4.79 Å². The number of nitrogens with zero attached hydrogens (tertiary/aromatic N) is 2. The lowest BCUT2D eigenvalue weighted by molar-refractivity contribution is 0.0788. The minimum Gasteiger partial charge on any atom is -0.453 e. The van der Waals surface area contributed by atoms with E-state index in [0.717, 1.165) is 17.3 Å². The van der Waals surface area contributed by atoms with Gasteiger partial charge in [-0.25, -0.2) is 4.79 Å². The van der Waals surface area contributed by atoms with Crippen molar-refractivity contribution in [2.45, 2.75) is 12.5 Å². The number of methoxy groups -OCH3 is 1. The molecule has 1 aromatic carbocycles. The number of nitrogens with one attached hydrogen (secondary N) is 2. The number of benzene rings is 1. The van der Waals surface area contributed by atoms with Gasteiger partial charge < -0.3 is 15.0 Å². The van der Waals surface area contributed by atoms with Crippen molar-refractivity contribution in [3.63, 3.8) is 0 Å². The number of alkyl carbamates (subject to hydrolysis) is 1. The maximum absolute atomic E-state index is 12.5. The Morgan fingerprint density at radius 1 is 1.48 bits per heavy atom. The van der Waals surface area contributed by atoms with E-state index in [-0.39, 0.29) is 11.9 Å². The number of fused-ring (bicyclic) bond motifs is 1. The van der Waals surface area contributed by atoms with Gasteiger partial charge in [0.05, 0.1) is 24.9 Å². The van der Waals surface area contributed by atoms with E-state index in [4.69, 9.17) is 0 Å². The molecule has 1 aromatic heterocycles. The van der Waals surface area contributed by atoms with Gasteiger partial charge in [-0.05, 0) is 18.6 Å². The molecule has 2 N–H and O–H groups in total. The first kappa shape index (κ1) is 13.4. The fourth-order valence-corrected chi connectivity index (χ4v) is 2.54. The van der Waals surface area contributed by atoms with Crippen LogP contribution in [0.5, 0.6) is 0 Å². The minimum absolute atomic E-state index is 0.0411. The van der Waals surface area contributed by atoms with Crippen LogP contribution in [0.1, 0.15) is 16.8 Å². The molecule has 1 fully saturated rings. The van der Waals surface area contributed by atoms with Crippen LogP contribution in [0.3, 0.4) is 0 Å². The number of aromatic nitrogens is 2. The van der Waals surface area contributed by atoms with Gasteiger partial charge in [-0.1, -0.05) is 6.07 Å². The second-order valence-electron chi connectivity index (χ2n) is 5.04. The quantitative estimate of drug-likeness (QED) is 0.867. The van der Waals surface area contributed by atoms with E-state index in [1.54, 1.807) is 23.2 Å². The zero-order valence-electron chi connectivity index (χ0n) is 11.6. The molecule has 0 saturated carbocycles. The van der Waals surface area contributed by atoms with E-state index in [0.29, 0.717) is 18.7 Å². The summed E-state index contributed by atoms with van der Waals surface area (Å²) < 4.78 is 4.57. The molecule has 2 amide bonds. The Kier molecular flexibility index (Phi) is 3.47. The Hall–Kier alpha value is -2.57. The summed E-state index contributed by atoms with van der Waals surface area (Å²) in [7, 11) is 1.33. The number of hydrogen-bond donors (Lipinski definition) is 2. The molecule has 110 valence electrons. The fraction of sp³-hybridized carbons (Fsp3) is 0.357. The summed E-state index contributed by atoms with van der Waals surface area (Å²) in [5.41, 5.74) is 1.45. The lowest BCUT2D eigenvalue weighted by Crippen LogP contribution is -2.38. The van der Waals surface area contributed by atoms with E-state index in [9.17, 15) is 9.59 Å². The van der Waals surface area contributed by atoms with Crippen molar-refractivity contribution in [2.24, 2.45) is 0 Å². The number of hydrogen-bond acceptors (Lipinski definition) is 4. The van der Waals surface area contributed by atoms with Gasteiger partial charge in [0.1, 0.15) is 0 Å². The van der Waals surface area contributed by atoms with Crippen molar-refractivity contribution in [1.82, 2.24) is 20.4 Å². The molecule has 7 nitrogen and oxygen atoms in total. The average molecular weight is 288 g/mol. The highest BCUT2D eigenvalue weighted by atomic mass is 16.5.